The lowest BCUT2D eigenvalue weighted by Gasteiger charge is -2.06. The molecule has 0 aliphatic rings. The Labute approximate surface area is 201 Å². The molecule has 0 bridgehead atoms. The number of carbonyl (C=O) groups excluding carboxylic acids is 1. The van der Waals surface area contributed by atoms with Crippen LogP contribution in [0.5, 0.6) is 0 Å². The van der Waals surface area contributed by atoms with E-state index in [1.807, 2.05) is 41.0 Å². The molecule has 6 nitrogen and oxygen atoms in total. The summed E-state index contributed by atoms with van der Waals surface area (Å²) in [5.41, 5.74) is 2.71. The number of hydrogen-bond donors (Lipinski definition) is 1. The Hall–Kier alpha value is -3.59. The summed E-state index contributed by atoms with van der Waals surface area (Å²) in [5, 5.41) is 12.6. The van der Waals surface area contributed by atoms with Gasteiger partial charge in [0.05, 0.1) is 12.1 Å². The minimum absolute atomic E-state index is 0.0653. The van der Waals surface area contributed by atoms with Crippen LogP contribution in [0.15, 0.2) is 69.6 Å². The number of nitrogens with one attached hydrogen (secondary N) is 1. The first-order valence-electron chi connectivity index (χ1n) is 10.7. The zero-order valence-electron chi connectivity index (χ0n) is 17.9. The molecule has 0 saturated heterocycles. The van der Waals surface area contributed by atoms with E-state index in [9.17, 15) is 13.6 Å². The van der Waals surface area contributed by atoms with E-state index in [0.29, 0.717) is 10.2 Å². The molecule has 0 unspecified atom stereocenters. The second kappa shape index (κ2) is 9.34. The van der Waals surface area contributed by atoms with Crippen LogP contribution in [0.3, 0.4) is 0 Å². The lowest BCUT2D eigenvalue weighted by Crippen LogP contribution is -2.12. The smallest absolute Gasteiger partial charge is 0.250 e. The van der Waals surface area contributed by atoms with Crippen molar-refractivity contribution >= 4 is 49.3 Å². The number of carbonyl (C=O) groups is 1. The Kier molecular flexibility index (Phi) is 6.10. The fourth-order valence-corrected chi connectivity index (χ4v) is 4.36. The summed E-state index contributed by atoms with van der Waals surface area (Å²) >= 11 is 3.21. The Morgan fingerprint density at radius 2 is 1.85 bits per heavy atom. The van der Waals surface area contributed by atoms with Gasteiger partial charge in [0, 0.05) is 44.8 Å². The molecule has 9 heteroatoms. The lowest BCUT2D eigenvalue weighted by atomic mass is 10.1. The molecule has 5 aromatic rings. The quantitative estimate of drug-likeness (QED) is 0.271. The maximum absolute atomic E-state index is 14.1. The molecular formula is C25H19BrF2N4O2. The molecule has 0 saturated carbocycles. The molecule has 1 N–H and O–H groups in total. The molecule has 0 aliphatic heterocycles. The Balaban J connectivity index is 1.29. The third-order valence-corrected chi connectivity index (χ3v) is 6.05. The van der Waals surface area contributed by atoms with Gasteiger partial charge < -0.3 is 14.3 Å². The average Bonchev–Trinajstić information content (AvgIpc) is 3.41. The van der Waals surface area contributed by atoms with Crippen molar-refractivity contribution in [1.29, 1.82) is 0 Å². The molecule has 0 aliphatic carbocycles. The van der Waals surface area contributed by atoms with Gasteiger partial charge >= 0.3 is 0 Å². The van der Waals surface area contributed by atoms with Crippen molar-refractivity contribution in [2.75, 3.05) is 12.0 Å². The zero-order chi connectivity index (χ0) is 23.7. The fourth-order valence-electron chi connectivity index (χ4n) is 4.03. The molecule has 172 valence electrons. The normalized spacial score (nSPS) is 11.4. The van der Waals surface area contributed by atoms with E-state index in [2.05, 4.69) is 31.4 Å². The number of rotatable bonds is 7. The molecule has 0 spiro atoms. The number of benzene rings is 3. The number of aromatic nitrogens is 3. The van der Waals surface area contributed by atoms with E-state index < -0.39 is 12.5 Å². The summed E-state index contributed by atoms with van der Waals surface area (Å²) in [6.45, 7) is -0.190. The monoisotopic (exact) mass is 524 g/mol. The van der Waals surface area contributed by atoms with Crippen molar-refractivity contribution in [2.24, 2.45) is 0 Å². The number of aryl methyl sites for hydroxylation is 2. The van der Waals surface area contributed by atoms with Gasteiger partial charge in [-0.25, -0.2) is 8.78 Å². The Bertz CT molecular complexity index is 1510. The number of fused-ring (bicyclic) bond motifs is 3. The number of para-hydroxylation sites is 1. The van der Waals surface area contributed by atoms with Gasteiger partial charge in [0.1, 0.15) is 12.5 Å². The van der Waals surface area contributed by atoms with Crippen LogP contribution in [-0.4, -0.2) is 27.3 Å². The highest BCUT2D eigenvalue weighted by Gasteiger charge is 2.15. The van der Waals surface area contributed by atoms with E-state index in [0.717, 1.165) is 21.8 Å². The highest BCUT2D eigenvalue weighted by atomic mass is 79.9. The van der Waals surface area contributed by atoms with E-state index in [-0.39, 0.29) is 42.6 Å². The van der Waals surface area contributed by atoms with Crippen LogP contribution in [0, 0.1) is 5.82 Å². The lowest BCUT2D eigenvalue weighted by molar-refractivity contribution is -0.116. The Morgan fingerprint density at radius 3 is 2.68 bits per heavy atom. The molecule has 3 aromatic carbocycles. The van der Waals surface area contributed by atoms with Gasteiger partial charge in [-0.15, -0.1) is 10.2 Å². The van der Waals surface area contributed by atoms with Crippen LogP contribution < -0.4 is 5.32 Å². The zero-order valence-corrected chi connectivity index (χ0v) is 19.5. The summed E-state index contributed by atoms with van der Waals surface area (Å²) in [4.78, 5) is 12.5. The number of anilines is 1. The van der Waals surface area contributed by atoms with E-state index >= 15 is 0 Å². The molecular weight excluding hydrogens is 506 g/mol. The van der Waals surface area contributed by atoms with E-state index in [1.54, 1.807) is 18.2 Å². The minimum Gasteiger partial charge on any atom is -0.421 e. The van der Waals surface area contributed by atoms with Crippen molar-refractivity contribution in [1.82, 2.24) is 14.8 Å². The van der Waals surface area contributed by atoms with Crippen LogP contribution >= 0.6 is 15.9 Å². The first-order chi connectivity index (χ1) is 16.5. The highest BCUT2D eigenvalue weighted by Crippen LogP contribution is 2.31. The summed E-state index contributed by atoms with van der Waals surface area (Å²) in [5.74, 6) is -0.389. The second-order valence-electron chi connectivity index (χ2n) is 7.76. The summed E-state index contributed by atoms with van der Waals surface area (Å²) in [6, 6.07) is 17.9. The molecule has 0 radical (unpaired) electrons. The van der Waals surface area contributed by atoms with Crippen LogP contribution in [0.25, 0.3) is 33.3 Å². The standard InChI is InChI=1S/C25H19BrF2N4O2/c26-15-5-7-18(20(28)13-15)25-31-30-24(34-25)10-9-23(33)29-16-6-8-22-19(14-16)17-3-1-2-4-21(17)32(22)12-11-27/h1-8,13-14H,9-12H2,(H,29,33). The summed E-state index contributed by atoms with van der Waals surface area (Å²) in [6.07, 6.45) is 0.334. The molecule has 5 rings (SSSR count). The van der Waals surface area contributed by atoms with Gasteiger partial charge in [-0.3, -0.25) is 4.79 Å². The van der Waals surface area contributed by atoms with Crippen molar-refractivity contribution < 1.29 is 18.0 Å². The van der Waals surface area contributed by atoms with Gasteiger partial charge in [-0.1, -0.05) is 34.1 Å². The minimum atomic E-state index is -0.481. The van der Waals surface area contributed by atoms with Crippen molar-refractivity contribution in [2.45, 2.75) is 19.4 Å². The van der Waals surface area contributed by atoms with Crippen LogP contribution in [0.4, 0.5) is 14.5 Å². The van der Waals surface area contributed by atoms with Gasteiger partial charge in [-0.05, 0) is 42.5 Å². The predicted octanol–water partition coefficient (Wildman–Crippen LogP) is 6.29. The number of alkyl halides is 1. The van der Waals surface area contributed by atoms with Gasteiger partial charge in [0.2, 0.25) is 11.8 Å². The molecule has 2 heterocycles. The van der Waals surface area contributed by atoms with Gasteiger partial charge in [-0.2, -0.15) is 0 Å². The van der Waals surface area contributed by atoms with Gasteiger partial charge in [0.15, 0.2) is 0 Å². The molecule has 34 heavy (non-hydrogen) atoms. The maximum atomic E-state index is 14.1. The van der Waals surface area contributed by atoms with E-state index in [4.69, 9.17) is 4.42 Å². The second-order valence-corrected chi connectivity index (χ2v) is 8.68. The maximum Gasteiger partial charge on any atom is 0.250 e. The van der Waals surface area contributed by atoms with Crippen molar-refractivity contribution in [3.63, 3.8) is 0 Å². The van der Waals surface area contributed by atoms with E-state index in [1.165, 1.54) is 6.07 Å². The fraction of sp³-hybridized carbons (Fsp3) is 0.160. The Morgan fingerprint density at radius 1 is 1.03 bits per heavy atom. The summed E-state index contributed by atoms with van der Waals surface area (Å²) in [7, 11) is 0. The first-order valence-corrected chi connectivity index (χ1v) is 11.5. The average molecular weight is 525 g/mol. The largest absolute Gasteiger partial charge is 0.421 e. The van der Waals surface area contributed by atoms with Crippen LogP contribution in [-0.2, 0) is 17.8 Å². The molecule has 2 aromatic heterocycles. The van der Waals surface area contributed by atoms with Crippen molar-refractivity contribution in [3.05, 3.63) is 76.8 Å². The van der Waals surface area contributed by atoms with Gasteiger partial charge in [0.25, 0.3) is 5.89 Å². The topological polar surface area (TPSA) is 72.9 Å². The third kappa shape index (κ3) is 4.31. The number of hydrogen-bond acceptors (Lipinski definition) is 4. The third-order valence-electron chi connectivity index (χ3n) is 5.56. The molecule has 0 atom stereocenters. The number of amides is 1. The molecule has 0 fully saturated rings. The van der Waals surface area contributed by atoms with Crippen molar-refractivity contribution in [3.8, 4) is 11.5 Å². The molecule has 1 amide bonds. The highest BCUT2D eigenvalue weighted by molar-refractivity contribution is 9.10. The number of nitrogens with zero attached hydrogens (tertiary/aromatic N) is 3. The number of halogens is 3. The summed E-state index contributed by atoms with van der Waals surface area (Å²) < 4.78 is 35.3. The van der Waals surface area contributed by atoms with Crippen LogP contribution in [0.1, 0.15) is 12.3 Å². The SMILES string of the molecule is O=C(CCc1nnc(-c2ccc(Br)cc2F)o1)Nc1ccc2c(c1)c1ccccc1n2CCF. The first kappa shape index (κ1) is 22.2. The van der Waals surface area contributed by atoms with Crippen LogP contribution in [0.2, 0.25) is 0 Å². The predicted molar refractivity (Wildman–Crippen MR) is 130 cm³/mol.